The van der Waals surface area contributed by atoms with Gasteiger partial charge in [0.05, 0.1) is 13.2 Å². The second kappa shape index (κ2) is 6.64. The second-order valence-electron chi connectivity index (χ2n) is 5.00. The van der Waals surface area contributed by atoms with E-state index in [-0.39, 0.29) is 6.29 Å². The van der Waals surface area contributed by atoms with Gasteiger partial charge < -0.3 is 9.47 Å². The highest BCUT2D eigenvalue weighted by Gasteiger charge is 2.20. The first kappa shape index (κ1) is 13.3. The zero-order valence-corrected chi connectivity index (χ0v) is 11.4. The van der Waals surface area contributed by atoms with Crippen LogP contribution in [-0.2, 0) is 9.47 Å². The Morgan fingerprint density at radius 2 is 1.75 bits per heavy atom. The zero-order valence-electron chi connectivity index (χ0n) is 11.4. The summed E-state index contributed by atoms with van der Waals surface area (Å²) in [6, 6.07) is 14.7. The predicted octanol–water partition coefficient (Wildman–Crippen LogP) is 3.37. The smallest absolute Gasteiger partial charge is 0.157 e. The van der Waals surface area contributed by atoms with Gasteiger partial charge in [0, 0.05) is 18.3 Å². The molecule has 0 spiro atoms. The van der Waals surface area contributed by atoms with Gasteiger partial charge >= 0.3 is 0 Å². The molecule has 1 saturated heterocycles. The van der Waals surface area contributed by atoms with E-state index in [2.05, 4.69) is 35.3 Å². The molecule has 1 aliphatic heterocycles. The first-order valence-electron chi connectivity index (χ1n) is 7.11. The van der Waals surface area contributed by atoms with Crippen LogP contribution in [0.5, 0.6) is 0 Å². The summed E-state index contributed by atoms with van der Waals surface area (Å²) in [6.45, 7) is 1.43. The minimum atomic E-state index is -0.0436. The molecule has 1 aliphatic rings. The Balaban J connectivity index is 1.76. The molecule has 0 N–H and O–H groups in total. The molecule has 0 aliphatic carbocycles. The van der Waals surface area contributed by atoms with Crippen molar-refractivity contribution in [1.29, 1.82) is 0 Å². The summed E-state index contributed by atoms with van der Waals surface area (Å²) in [7, 11) is 0. The first-order valence-corrected chi connectivity index (χ1v) is 7.11. The van der Waals surface area contributed by atoms with Crippen molar-refractivity contribution in [3.8, 4) is 0 Å². The Bertz CT molecular complexity index is 470. The molecule has 1 unspecified atom stereocenters. The van der Waals surface area contributed by atoms with E-state index in [0.717, 1.165) is 12.8 Å². The van der Waals surface area contributed by atoms with Gasteiger partial charge in [0.15, 0.2) is 6.29 Å². The van der Waals surface area contributed by atoms with Gasteiger partial charge in [-0.05, 0) is 30.0 Å². The Labute approximate surface area is 119 Å². The Morgan fingerprint density at radius 3 is 2.45 bits per heavy atom. The molecule has 3 nitrogen and oxygen atoms in total. The van der Waals surface area contributed by atoms with E-state index >= 15 is 0 Å². The topological polar surface area (TPSA) is 31.4 Å². The van der Waals surface area contributed by atoms with Gasteiger partial charge in [-0.3, -0.25) is 4.98 Å². The number of ether oxygens (including phenoxy) is 2. The van der Waals surface area contributed by atoms with Crippen molar-refractivity contribution in [2.45, 2.75) is 25.0 Å². The fourth-order valence-corrected chi connectivity index (χ4v) is 2.67. The molecule has 1 aromatic carbocycles. The van der Waals surface area contributed by atoms with Crippen LogP contribution in [0, 0.1) is 0 Å². The summed E-state index contributed by atoms with van der Waals surface area (Å²) in [4.78, 5) is 4.25. The number of pyridine rings is 1. The van der Waals surface area contributed by atoms with Gasteiger partial charge in [0.1, 0.15) is 0 Å². The summed E-state index contributed by atoms with van der Waals surface area (Å²) >= 11 is 0. The lowest BCUT2D eigenvalue weighted by Gasteiger charge is -2.19. The van der Waals surface area contributed by atoms with Crippen molar-refractivity contribution in [3.05, 3.63) is 66.0 Å². The van der Waals surface area contributed by atoms with E-state index < -0.39 is 0 Å². The summed E-state index contributed by atoms with van der Waals surface area (Å²) < 4.78 is 11.1. The average Bonchev–Trinajstić information content (AvgIpc) is 3.03. The molecule has 0 bridgehead atoms. The molecule has 1 aromatic heterocycles. The SMILES string of the molecule is c1ccc(C(CCC2OCCO2)c2cccnc2)cc1. The summed E-state index contributed by atoms with van der Waals surface area (Å²) in [5.41, 5.74) is 2.56. The Hall–Kier alpha value is -1.71. The fourth-order valence-electron chi connectivity index (χ4n) is 2.67. The summed E-state index contributed by atoms with van der Waals surface area (Å²) in [5, 5.41) is 0. The van der Waals surface area contributed by atoms with E-state index in [1.807, 2.05) is 24.5 Å². The lowest BCUT2D eigenvalue weighted by Crippen LogP contribution is -2.11. The number of rotatable bonds is 5. The molecule has 0 radical (unpaired) electrons. The minimum Gasteiger partial charge on any atom is -0.350 e. The molecule has 1 atom stereocenters. The monoisotopic (exact) mass is 269 g/mol. The average molecular weight is 269 g/mol. The molecular weight excluding hydrogens is 250 g/mol. The molecule has 20 heavy (non-hydrogen) atoms. The predicted molar refractivity (Wildman–Crippen MR) is 77.4 cm³/mol. The van der Waals surface area contributed by atoms with Gasteiger partial charge in [0.2, 0.25) is 0 Å². The number of aromatic nitrogens is 1. The third-order valence-corrected chi connectivity index (χ3v) is 3.67. The molecule has 1 fully saturated rings. The van der Waals surface area contributed by atoms with Crippen molar-refractivity contribution in [2.24, 2.45) is 0 Å². The van der Waals surface area contributed by atoms with Crippen LogP contribution in [0.15, 0.2) is 54.9 Å². The minimum absolute atomic E-state index is 0.0436. The lowest BCUT2D eigenvalue weighted by molar-refractivity contribution is -0.0482. The van der Waals surface area contributed by atoms with Gasteiger partial charge in [-0.1, -0.05) is 36.4 Å². The van der Waals surface area contributed by atoms with Crippen LogP contribution >= 0.6 is 0 Å². The fraction of sp³-hybridized carbons (Fsp3) is 0.353. The molecule has 2 heterocycles. The first-order chi connectivity index (χ1) is 9.93. The Morgan fingerprint density at radius 1 is 1.00 bits per heavy atom. The highest BCUT2D eigenvalue weighted by atomic mass is 16.7. The number of hydrogen-bond donors (Lipinski definition) is 0. The van der Waals surface area contributed by atoms with Crippen LogP contribution in [-0.4, -0.2) is 24.5 Å². The number of nitrogens with zero attached hydrogens (tertiary/aromatic N) is 1. The normalized spacial score (nSPS) is 17.2. The summed E-state index contributed by atoms with van der Waals surface area (Å²) in [5.74, 6) is 0.345. The van der Waals surface area contributed by atoms with Crippen LogP contribution in [0.4, 0.5) is 0 Å². The molecule has 2 aromatic rings. The second-order valence-corrected chi connectivity index (χ2v) is 5.00. The maximum absolute atomic E-state index is 5.54. The quantitative estimate of drug-likeness (QED) is 0.834. The van der Waals surface area contributed by atoms with Crippen molar-refractivity contribution >= 4 is 0 Å². The standard InChI is InChI=1S/C17H19NO2/c1-2-5-14(6-3-1)16(15-7-4-10-18-13-15)8-9-17-19-11-12-20-17/h1-7,10,13,16-17H,8-9,11-12H2. The maximum Gasteiger partial charge on any atom is 0.157 e. The van der Waals surface area contributed by atoms with Gasteiger partial charge in [-0.2, -0.15) is 0 Å². The third-order valence-electron chi connectivity index (χ3n) is 3.67. The van der Waals surface area contributed by atoms with Crippen molar-refractivity contribution in [1.82, 2.24) is 4.98 Å². The van der Waals surface area contributed by atoms with Gasteiger partial charge in [0.25, 0.3) is 0 Å². The van der Waals surface area contributed by atoms with E-state index in [1.54, 1.807) is 0 Å². The molecule has 3 rings (SSSR count). The van der Waals surface area contributed by atoms with E-state index in [4.69, 9.17) is 9.47 Å². The highest BCUT2D eigenvalue weighted by molar-refractivity contribution is 5.30. The van der Waals surface area contributed by atoms with Crippen molar-refractivity contribution in [2.75, 3.05) is 13.2 Å². The Kier molecular flexibility index (Phi) is 4.41. The van der Waals surface area contributed by atoms with E-state index in [0.29, 0.717) is 19.1 Å². The van der Waals surface area contributed by atoms with Crippen molar-refractivity contribution < 1.29 is 9.47 Å². The lowest BCUT2D eigenvalue weighted by atomic mass is 9.88. The van der Waals surface area contributed by atoms with Gasteiger partial charge in [-0.25, -0.2) is 0 Å². The third kappa shape index (κ3) is 3.24. The van der Waals surface area contributed by atoms with Crippen molar-refractivity contribution in [3.63, 3.8) is 0 Å². The molecule has 3 heteroatoms. The van der Waals surface area contributed by atoms with Crippen LogP contribution in [0.2, 0.25) is 0 Å². The number of benzene rings is 1. The molecule has 0 amide bonds. The number of hydrogen-bond acceptors (Lipinski definition) is 3. The van der Waals surface area contributed by atoms with Crippen LogP contribution in [0.3, 0.4) is 0 Å². The van der Waals surface area contributed by atoms with Crippen LogP contribution in [0.25, 0.3) is 0 Å². The molecule has 104 valence electrons. The summed E-state index contributed by atoms with van der Waals surface area (Å²) in [6.07, 6.45) is 5.63. The highest BCUT2D eigenvalue weighted by Crippen LogP contribution is 2.30. The van der Waals surface area contributed by atoms with Gasteiger partial charge in [-0.15, -0.1) is 0 Å². The largest absolute Gasteiger partial charge is 0.350 e. The van der Waals surface area contributed by atoms with Crippen LogP contribution in [0.1, 0.15) is 29.9 Å². The zero-order chi connectivity index (χ0) is 13.6. The van der Waals surface area contributed by atoms with E-state index in [9.17, 15) is 0 Å². The van der Waals surface area contributed by atoms with Crippen LogP contribution < -0.4 is 0 Å². The maximum atomic E-state index is 5.54. The van der Waals surface area contributed by atoms with E-state index in [1.165, 1.54) is 11.1 Å². The molecular formula is C17H19NO2. The molecule has 0 saturated carbocycles.